The molecule has 3 atom stereocenters. The maximum absolute atomic E-state index is 12.9. The number of carbonyl (C=O) groups excluding carboxylic acids is 1. The second kappa shape index (κ2) is 10.2. The lowest BCUT2D eigenvalue weighted by atomic mass is 9.88. The van der Waals surface area contributed by atoms with Crippen molar-refractivity contribution in [3.63, 3.8) is 0 Å². The van der Waals surface area contributed by atoms with Crippen LogP contribution >= 0.6 is 0 Å². The van der Waals surface area contributed by atoms with E-state index < -0.39 is 0 Å². The summed E-state index contributed by atoms with van der Waals surface area (Å²) in [6, 6.07) is 0. The van der Waals surface area contributed by atoms with Crippen molar-refractivity contribution in [2.45, 2.75) is 65.7 Å². The fourth-order valence-electron chi connectivity index (χ4n) is 4.99. The maximum atomic E-state index is 12.9. The summed E-state index contributed by atoms with van der Waals surface area (Å²) in [4.78, 5) is 19.2. The van der Waals surface area contributed by atoms with Gasteiger partial charge in [0.05, 0.1) is 0 Å². The van der Waals surface area contributed by atoms with Crippen LogP contribution < -0.4 is 0 Å². The van der Waals surface area contributed by atoms with Gasteiger partial charge in [-0.05, 0) is 81.3 Å². The van der Waals surface area contributed by atoms with Crippen molar-refractivity contribution < 1.29 is 4.79 Å². The molecular formula is C26H38N2O. The molecule has 1 heterocycles. The Balaban J connectivity index is 1.61. The van der Waals surface area contributed by atoms with Crippen molar-refractivity contribution in [1.82, 2.24) is 4.90 Å². The average molecular weight is 395 g/mol. The van der Waals surface area contributed by atoms with Crippen molar-refractivity contribution in [2.24, 2.45) is 22.7 Å². The summed E-state index contributed by atoms with van der Waals surface area (Å²) in [5, 5.41) is 0. The zero-order valence-corrected chi connectivity index (χ0v) is 18.8. The van der Waals surface area contributed by atoms with Gasteiger partial charge in [-0.3, -0.25) is 9.79 Å². The first kappa shape index (κ1) is 21.8. The van der Waals surface area contributed by atoms with E-state index in [1.165, 1.54) is 42.4 Å². The number of hydrogen-bond acceptors (Lipinski definition) is 2. The maximum Gasteiger partial charge on any atom is 0.253 e. The predicted molar refractivity (Wildman–Crippen MR) is 123 cm³/mol. The molecule has 0 spiro atoms. The Morgan fingerprint density at radius 2 is 2.10 bits per heavy atom. The topological polar surface area (TPSA) is 32.7 Å². The molecule has 0 bridgehead atoms. The van der Waals surface area contributed by atoms with Gasteiger partial charge in [0.2, 0.25) is 0 Å². The van der Waals surface area contributed by atoms with Crippen LogP contribution in [0.1, 0.15) is 65.7 Å². The summed E-state index contributed by atoms with van der Waals surface area (Å²) >= 11 is 0. The highest BCUT2D eigenvalue weighted by atomic mass is 16.2. The van der Waals surface area contributed by atoms with Crippen LogP contribution in [-0.4, -0.2) is 37.2 Å². The van der Waals surface area contributed by atoms with Gasteiger partial charge in [-0.25, -0.2) is 0 Å². The van der Waals surface area contributed by atoms with Crippen molar-refractivity contribution >= 4 is 12.1 Å². The third kappa shape index (κ3) is 5.58. The predicted octanol–water partition coefficient (Wildman–Crippen LogP) is 5.90. The SMILES string of the molecule is CN=CC1=C(C)CCC1CCC/C1=C/C=C(C(=O)N2CC[C@H](C)C2)\C=C\CC1C. The summed E-state index contributed by atoms with van der Waals surface area (Å²) in [5.41, 5.74) is 5.33. The summed E-state index contributed by atoms with van der Waals surface area (Å²) < 4.78 is 0. The second-order valence-electron chi connectivity index (χ2n) is 9.30. The van der Waals surface area contributed by atoms with Crippen LogP contribution in [0.2, 0.25) is 0 Å². The van der Waals surface area contributed by atoms with Crippen LogP contribution in [0, 0.1) is 17.8 Å². The molecule has 158 valence electrons. The molecule has 0 aromatic rings. The Kier molecular flexibility index (Phi) is 7.69. The lowest BCUT2D eigenvalue weighted by molar-refractivity contribution is -0.125. The molecule has 1 aliphatic heterocycles. The molecule has 0 aromatic heterocycles. The molecule has 1 fully saturated rings. The van der Waals surface area contributed by atoms with Crippen molar-refractivity contribution in [2.75, 3.05) is 20.1 Å². The third-order valence-electron chi connectivity index (χ3n) is 6.94. The molecular weight excluding hydrogens is 356 g/mol. The number of allylic oxidation sites excluding steroid dienone is 6. The lowest BCUT2D eigenvalue weighted by Gasteiger charge is -2.20. The van der Waals surface area contributed by atoms with Crippen LogP contribution in [0.15, 0.2) is 51.6 Å². The number of aliphatic imine (C=N–C) groups is 1. The Morgan fingerprint density at radius 1 is 1.28 bits per heavy atom. The van der Waals surface area contributed by atoms with E-state index in [2.05, 4.69) is 50.2 Å². The average Bonchev–Trinajstić information content (AvgIpc) is 3.27. The Morgan fingerprint density at radius 3 is 2.83 bits per heavy atom. The Labute approximate surface area is 177 Å². The number of carbonyl (C=O) groups is 1. The summed E-state index contributed by atoms with van der Waals surface area (Å²) in [5.74, 6) is 2.04. The molecule has 0 saturated carbocycles. The fourth-order valence-corrected chi connectivity index (χ4v) is 4.99. The van der Waals surface area contributed by atoms with E-state index >= 15 is 0 Å². The zero-order valence-electron chi connectivity index (χ0n) is 18.8. The molecule has 3 heteroatoms. The molecule has 1 saturated heterocycles. The Hall–Kier alpha value is -1.90. The van der Waals surface area contributed by atoms with E-state index in [1.807, 2.05) is 18.0 Å². The van der Waals surface area contributed by atoms with Gasteiger partial charge in [-0.15, -0.1) is 0 Å². The molecule has 29 heavy (non-hydrogen) atoms. The van der Waals surface area contributed by atoms with Crippen LogP contribution in [0.25, 0.3) is 0 Å². The molecule has 0 radical (unpaired) electrons. The normalized spacial score (nSPS) is 32.7. The fraction of sp³-hybridized carbons (Fsp3) is 0.615. The molecule has 3 aliphatic rings. The van der Waals surface area contributed by atoms with E-state index in [0.717, 1.165) is 37.9 Å². The first-order valence-electron chi connectivity index (χ1n) is 11.5. The van der Waals surface area contributed by atoms with Gasteiger partial charge in [-0.2, -0.15) is 0 Å². The molecule has 3 rings (SSSR count). The molecule has 3 nitrogen and oxygen atoms in total. The van der Waals surface area contributed by atoms with Crippen LogP contribution in [-0.2, 0) is 4.79 Å². The number of amides is 1. The van der Waals surface area contributed by atoms with Gasteiger partial charge < -0.3 is 4.90 Å². The van der Waals surface area contributed by atoms with Crippen molar-refractivity contribution in [3.05, 3.63) is 46.6 Å². The van der Waals surface area contributed by atoms with Crippen molar-refractivity contribution in [1.29, 1.82) is 0 Å². The molecule has 0 N–H and O–H groups in total. The van der Waals surface area contributed by atoms with Crippen molar-refractivity contribution in [3.8, 4) is 0 Å². The smallest absolute Gasteiger partial charge is 0.253 e. The third-order valence-corrected chi connectivity index (χ3v) is 6.94. The minimum absolute atomic E-state index is 0.200. The van der Waals surface area contributed by atoms with E-state index in [1.54, 1.807) is 0 Å². The van der Waals surface area contributed by atoms with E-state index in [-0.39, 0.29) is 5.91 Å². The second-order valence-corrected chi connectivity index (χ2v) is 9.30. The quantitative estimate of drug-likeness (QED) is 0.516. The molecule has 2 unspecified atom stereocenters. The first-order valence-corrected chi connectivity index (χ1v) is 11.5. The van der Waals surface area contributed by atoms with Gasteiger partial charge in [-0.1, -0.05) is 43.2 Å². The summed E-state index contributed by atoms with van der Waals surface area (Å²) in [7, 11) is 1.87. The minimum Gasteiger partial charge on any atom is -0.338 e. The zero-order chi connectivity index (χ0) is 20.8. The van der Waals surface area contributed by atoms with Gasteiger partial charge in [0.15, 0.2) is 0 Å². The molecule has 0 aromatic carbocycles. The number of hydrogen-bond donors (Lipinski definition) is 0. The van der Waals surface area contributed by atoms with Gasteiger partial charge in [0.25, 0.3) is 5.91 Å². The summed E-state index contributed by atoms with van der Waals surface area (Å²) in [6.45, 7) is 8.60. The lowest BCUT2D eigenvalue weighted by Crippen LogP contribution is -2.29. The van der Waals surface area contributed by atoms with E-state index in [4.69, 9.17) is 0 Å². The molecule has 2 aliphatic carbocycles. The number of likely N-dealkylation sites (tertiary alicyclic amines) is 1. The monoisotopic (exact) mass is 394 g/mol. The first-order chi connectivity index (χ1) is 14.0. The largest absolute Gasteiger partial charge is 0.338 e. The van der Waals surface area contributed by atoms with Gasteiger partial charge >= 0.3 is 0 Å². The van der Waals surface area contributed by atoms with Gasteiger partial charge in [0, 0.05) is 31.9 Å². The Bertz CT molecular complexity index is 753. The molecule has 1 amide bonds. The number of nitrogens with zero attached hydrogens (tertiary/aromatic N) is 2. The standard InChI is InChI=1S/C26H38N2O/c1-19-15-16-28(18-19)26(29)24-10-5-7-20(2)22(13-14-24)8-6-9-23-12-11-21(3)25(23)17-27-4/h5,10,13-14,17,19-20,23H,6-9,11-12,15-16,18H2,1-4H3/b10-5+,22-13-,24-14+,27-17?/t19-,20?,23?/m0/s1. The van der Waals surface area contributed by atoms with Crippen LogP contribution in [0.3, 0.4) is 0 Å². The minimum atomic E-state index is 0.200. The van der Waals surface area contributed by atoms with Crippen LogP contribution in [0.5, 0.6) is 0 Å². The van der Waals surface area contributed by atoms with Crippen LogP contribution in [0.4, 0.5) is 0 Å². The highest BCUT2D eigenvalue weighted by molar-refractivity contribution is 5.96. The van der Waals surface area contributed by atoms with E-state index in [9.17, 15) is 4.79 Å². The summed E-state index contributed by atoms with van der Waals surface area (Å²) in [6.07, 6.45) is 18.8. The van der Waals surface area contributed by atoms with Gasteiger partial charge in [0.1, 0.15) is 0 Å². The highest BCUT2D eigenvalue weighted by Crippen LogP contribution is 2.35. The highest BCUT2D eigenvalue weighted by Gasteiger charge is 2.25. The van der Waals surface area contributed by atoms with E-state index in [0.29, 0.717) is 17.8 Å². The number of rotatable bonds is 6.